The minimum atomic E-state index is -4.63. The number of anilines is 1. The Kier molecular flexibility index (Phi) is 7.52. The number of nitrogens with one attached hydrogen (secondary N) is 2. The van der Waals surface area contributed by atoms with Crippen LogP contribution in [0.5, 0.6) is 0 Å². The van der Waals surface area contributed by atoms with Crippen molar-refractivity contribution in [2.24, 2.45) is 0 Å². The quantitative estimate of drug-likeness (QED) is 0.238. The third-order valence-electron chi connectivity index (χ3n) is 3.73. The van der Waals surface area contributed by atoms with Crippen LogP contribution in [0.2, 0.25) is 0 Å². The summed E-state index contributed by atoms with van der Waals surface area (Å²) in [6, 6.07) is 12.4. The summed E-state index contributed by atoms with van der Waals surface area (Å²) in [5.74, 6) is -0.246. The molecule has 3 aromatic rings. The molecular weight excluding hydrogens is 433 g/mol. The SMILES string of the molecule is FC(F)(F)c1cc(Sc2ncccn2)nc(NC(=S)NCCCc2ccccc2)n1. The molecule has 156 valence electrons. The summed E-state index contributed by atoms with van der Waals surface area (Å²) in [7, 11) is 0. The van der Waals surface area contributed by atoms with Gasteiger partial charge in [0, 0.05) is 25.0 Å². The molecule has 0 saturated carbocycles. The number of hydrogen-bond acceptors (Lipinski definition) is 6. The largest absolute Gasteiger partial charge is 0.433 e. The summed E-state index contributed by atoms with van der Waals surface area (Å²) in [6.45, 7) is 0.555. The van der Waals surface area contributed by atoms with E-state index >= 15 is 0 Å². The average molecular weight is 451 g/mol. The van der Waals surface area contributed by atoms with Crippen molar-refractivity contribution in [2.45, 2.75) is 29.2 Å². The second-order valence-electron chi connectivity index (χ2n) is 6.02. The molecule has 2 N–H and O–H groups in total. The number of thiocarbonyl (C=S) groups is 1. The van der Waals surface area contributed by atoms with Crippen molar-refractivity contribution in [2.75, 3.05) is 11.9 Å². The fourth-order valence-corrected chi connectivity index (χ4v) is 3.31. The monoisotopic (exact) mass is 450 g/mol. The molecule has 0 aliphatic carbocycles. The Morgan fingerprint density at radius 2 is 1.77 bits per heavy atom. The fourth-order valence-electron chi connectivity index (χ4n) is 2.39. The zero-order valence-corrected chi connectivity index (χ0v) is 17.2. The van der Waals surface area contributed by atoms with Crippen LogP contribution in [0.15, 0.2) is 65.0 Å². The Morgan fingerprint density at radius 3 is 2.47 bits per heavy atom. The molecule has 0 aliphatic heterocycles. The second kappa shape index (κ2) is 10.3. The molecular formula is C19H17F3N6S2. The standard InChI is InChI=1S/C19H17F3N6S2/c20-19(21,22)14-12-15(30-18-24-10-5-11-25-18)27-16(26-14)28-17(29)23-9-4-8-13-6-2-1-3-7-13/h1-3,5-7,10-12H,4,8-9H2,(H2,23,26,27,28,29). The van der Waals surface area contributed by atoms with Gasteiger partial charge in [-0.1, -0.05) is 30.3 Å². The van der Waals surface area contributed by atoms with Crippen molar-refractivity contribution in [1.29, 1.82) is 0 Å². The van der Waals surface area contributed by atoms with Gasteiger partial charge in [0.05, 0.1) is 0 Å². The van der Waals surface area contributed by atoms with Crippen LogP contribution in [0.4, 0.5) is 19.1 Å². The van der Waals surface area contributed by atoms with E-state index in [1.807, 2.05) is 30.3 Å². The number of aromatic nitrogens is 4. The molecule has 30 heavy (non-hydrogen) atoms. The fraction of sp³-hybridized carbons (Fsp3) is 0.211. The van der Waals surface area contributed by atoms with Gasteiger partial charge in [0.25, 0.3) is 0 Å². The number of nitrogens with zero attached hydrogens (tertiary/aromatic N) is 4. The number of halogens is 3. The molecule has 0 atom stereocenters. The maximum Gasteiger partial charge on any atom is 0.433 e. The van der Waals surface area contributed by atoms with Gasteiger partial charge >= 0.3 is 6.18 Å². The minimum absolute atomic E-state index is 0.0536. The molecule has 2 aromatic heterocycles. The molecule has 2 heterocycles. The van der Waals surface area contributed by atoms with Crippen LogP contribution in [-0.2, 0) is 12.6 Å². The topological polar surface area (TPSA) is 75.6 Å². The van der Waals surface area contributed by atoms with Gasteiger partial charge in [0.15, 0.2) is 16.0 Å². The van der Waals surface area contributed by atoms with Crippen LogP contribution in [0.25, 0.3) is 0 Å². The summed E-state index contributed by atoms with van der Waals surface area (Å²) >= 11 is 6.06. The molecule has 0 radical (unpaired) electrons. The van der Waals surface area contributed by atoms with E-state index in [0.717, 1.165) is 30.7 Å². The molecule has 6 nitrogen and oxygen atoms in total. The lowest BCUT2D eigenvalue weighted by molar-refractivity contribution is -0.141. The van der Waals surface area contributed by atoms with Gasteiger partial charge in [-0.2, -0.15) is 13.2 Å². The molecule has 1 aromatic carbocycles. The molecule has 0 aliphatic rings. The van der Waals surface area contributed by atoms with Crippen molar-refractivity contribution in [3.05, 3.63) is 66.1 Å². The molecule has 0 bridgehead atoms. The van der Waals surface area contributed by atoms with Crippen molar-refractivity contribution < 1.29 is 13.2 Å². The molecule has 0 amide bonds. The highest BCUT2D eigenvalue weighted by molar-refractivity contribution is 7.99. The predicted molar refractivity (Wildman–Crippen MR) is 112 cm³/mol. The van der Waals surface area contributed by atoms with Crippen molar-refractivity contribution in [3.63, 3.8) is 0 Å². The van der Waals surface area contributed by atoms with E-state index in [-0.39, 0.29) is 21.2 Å². The van der Waals surface area contributed by atoms with Crippen LogP contribution in [0.3, 0.4) is 0 Å². The van der Waals surface area contributed by atoms with E-state index in [2.05, 4.69) is 30.6 Å². The Morgan fingerprint density at radius 1 is 1.03 bits per heavy atom. The average Bonchev–Trinajstić information content (AvgIpc) is 2.72. The molecule has 0 unspecified atom stereocenters. The predicted octanol–water partition coefficient (Wildman–Crippen LogP) is 4.36. The first-order valence-corrected chi connectivity index (χ1v) is 10.1. The van der Waals surface area contributed by atoms with Gasteiger partial charge in [0.1, 0.15) is 5.03 Å². The van der Waals surface area contributed by atoms with Crippen LogP contribution in [-0.4, -0.2) is 31.6 Å². The lowest BCUT2D eigenvalue weighted by atomic mass is 10.1. The van der Waals surface area contributed by atoms with Crippen molar-refractivity contribution in [3.8, 4) is 0 Å². The summed E-state index contributed by atoms with van der Waals surface area (Å²) < 4.78 is 39.7. The van der Waals surface area contributed by atoms with Gasteiger partial charge in [-0.3, -0.25) is 0 Å². The summed E-state index contributed by atoms with van der Waals surface area (Å²) in [6.07, 6.45) is 0.0246. The second-order valence-corrected chi connectivity index (χ2v) is 7.41. The third-order valence-corrected chi connectivity index (χ3v) is 4.79. The minimum Gasteiger partial charge on any atom is -0.362 e. The van der Waals surface area contributed by atoms with E-state index in [1.165, 1.54) is 18.0 Å². The highest BCUT2D eigenvalue weighted by Crippen LogP contribution is 2.32. The maximum absolute atomic E-state index is 13.2. The van der Waals surface area contributed by atoms with E-state index in [0.29, 0.717) is 6.54 Å². The van der Waals surface area contributed by atoms with Crippen LogP contribution in [0.1, 0.15) is 17.7 Å². The summed E-state index contributed by atoms with van der Waals surface area (Å²) in [5.41, 5.74) is 0.120. The Balaban J connectivity index is 1.62. The van der Waals surface area contributed by atoms with Crippen molar-refractivity contribution in [1.82, 2.24) is 25.3 Å². The number of rotatable bonds is 7. The van der Waals surface area contributed by atoms with E-state index in [1.54, 1.807) is 6.07 Å². The Bertz CT molecular complexity index is 971. The van der Waals surface area contributed by atoms with E-state index < -0.39 is 11.9 Å². The van der Waals surface area contributed by atoms with Gasteiger partial charge in [-0.15, -0.1) is 0 Å². The van der Waals surface area contributed by atoms with Crippen LogP contribution >= 0.6 is 24.0 Å². The Labute approximate surface area is 180 Å². The highest BCUT2D eigenvalue weighted by Gasteiger charge is 2.34. The van der Waals surface area contributed by atoms with Crippen LogP contribution in [0, 0.1) is 0 Å². The molecule has 11 heteroatoms. The molecule has 0 fully saturated rings. The van der Waals surface area contributed by atoms with E-state index in [9.17, 15) is 13.2 Å². The first-order valence-electron chi connectivity index (χ1n) is 8.90. The van der Waals surface area contributed by atoms with Gasteiger partial charge in [-0.25, -0.2) is 19.9 Å². The lowest BCUT2D eigenvalue weighted by Crippen LogP contribution is -2.30. The Hall–Kier alpha value is -2.79. The normalized spacial score (nSPS) is 11.2. The zero-order chi connectivity index (χ0) is 21.4. The number of hydrogen-bond donors (Lipinski definition) is 2. The van der Waals surface area contributed by atoms with Gasteiger partial charge in [-0.05, 0) is 48.5 Å². The van der Waals surface area contributed by atoms with Crippen molar-refractivity contribution >= 4 is 35.0 Å². The van der Waals surface area contributed by atoms with Gasteiger partial charge < -0.3 is 10.6 Å². The van der Waals surface area contributed by atoms with Gasteiger partial charge in [0.2, 0.25) is 5.95 Å². The lowest BCUT2D eigenvalue weighted by Gasteiger charge is -2.12. The smallest absolute Gasteiger partial charge is 0.362 e. The number of benzene rings is 1. The number of aryl methyl sites for hydroxylation is 1. The van der Waals surface area contributed by atoms with Crippen LogP contribution < -0.4 is 10.6 Å². The maximum atomic E-state index is 13.2. The molecule has 3 rings (SSSR count). The molecule has 0 saturated heterocycles. The number of alkyl halides is 3. The highest BCUT2D eigenvalue weighted by atomic mass is 32.2. The first-order chi connectivity index (χ1) is 14.4. The summed E-state index contributed by atoms with van der Waals surface area (Å²) in [4.78, 5) is 15.6. The third kappa shape index (κ3) is 6.92. The summed E-state index contributed by atoms with van der Waals surface area (Å²) in [5, 5.41) is 6.06. The molecule has 0 spiro atoms. The first kappa shape index (κ1) is 21.9. The van der Waals surface area contributed by atoms with E-state index in [4.69, 9.17) is 12.2 Å². The zero-order valence-electron chi connectivity index (χ0n) is 15.6.